The van der Waals surface area contributed by atoms with Gasteiger partial charge >= 0.3 is 6.18 Å². The number of aliphatic hydroxyl groups is 1. The first-order valence-corrected chi connectivity index (χ1v) is 12.8. The fourth-order valence-electron chi connectivity index (χ4n) is 3.26. The summed E-state index contributed by atoms with van der Waals surface area (Å²) >= 11 is 11.9. The molecular weight excluding hydrogens is 553 g/mol. The van der Waals surface area contributed by atoms with E-state index in [4.69, 9.17) is 17.3 Å². The molecule has 14 heteroatoms. The highest BCUT2D eigenvalue weighted by Crippen LogP contribution is 2.31. The van der Waals surface area contributed by atoms with Crippen LogP contribution < -0.4 is 16.4 Å². The number of nitrogens with one attached hydrogen (secondary N) is 2. The summed E-state index contributed by atoms with van der Waals surface area (Å²) in [5.74, 6) is -2.36. The van der Waals surface area contributed by atoms with E-state index in [2.05, 4.69) is 27.8 Å². The molecule has 0 radical (unpaired) electrons. The summed E-state index contributed by atoms with van der Waals surface area (Å²) in [5, 5.41) is 15.5. The molecule has 2 rings (SSSR count). The number of carbonyl (C=O) groups is 3. The molecule has 0 saturated heterocycles. The van der Waals surface area contributed by atoms with Crippen LogP contribution in [0.15, 0.2) is 30.5 Å². The van der Waals surface area contributed by atoms with Crippen molar-refractivity contribution in [2.45, 2.75) is 63.4 Å². The number of Topliss-reactive ketones (excluding diaryl/α,β-unsaturated/α-hetero) is 1. The van der Waals surface area contributed by atoms with E-state index in [1.807, 2.05) is 0 Å². The summed E-state index contributed by atoms with van der Waals surface area (Å²) in [6, 6.07) is 4.31. The number of alkyl halides is 3. The van der Waals surface area contributed by atoms with Crippen LogP contribution in [-0.4, -0.2) is 57.0 Å². The topological polar surface area (TPSA) is 134 Å². The van der Waals surface area contributed by atoms with Crippen molar-refractivity contribution in [3.8, 4) is 10.6 Å². The van der Waals surface area contributed by atoms with E-state index < -0.39 is 59.8 Å². The highest BCUT2D eigenvalue weighted by molar-refractivity contribution is 7.82. The van der Waals surface area contributed by atoms with Gasteiger partial charge in [0, 0.05) is 12.0 Å². The molecule has 0 aliphatic carbocycles. The number of thiocarbonyl (C=S) groups is 1. The number of hydrogen-bond donors (Lipinski definition) is 4. The number of nitrogens with two attached hydrogens (primary N) is 1. The molecule has 8 nitrogen and oxygen atoms in total. The minimum Gasteiger partial charge on any atom is -0.393 e. The lowest BCUT2D eigenvalue weighted by Crippen LogP contribution is -2.53. The van der Waals surface area contributed by atoms with E-state index in [9.17, 15) is 32.7 Å². The van der Waals surface area contributed by atoms with Gasteiger partial charge in [-0.1, -0.05) is 42.0 Å². The second kappa shape index (κ2) is 13.8. The van der Waals surface area contributed by atoms with Gasteiger partial charge in [-0.3, -0.25) is 14.4 Å². The molecule has 2 aromatic rings. The Labute approximate surface area is 225 Å². The maximum atomic E-state index is 13.0. The summed E-state index contributed by atoms with van der Waals surface area (Å²) in [5.41, 5.74) is 5.97. The number of benzene rings is 1. The third kappa shape index (κ3) is 9.99. The largest absolute Gasteiger partial charge is 0.393 e. The molecule has 0 aliphatic heterocycles. The number of aliphatic hydroxyl groups excluding tert-OH is 1. The molecule has 202 valence electrons. The van der Waals surface area contributed by atoms with Crippen molar-refractivity contribution in [3.63, 3.8) is 0 Å². The van der Waals surface area contributed by atoms with Gasteiger partial charge in [0.15, 0.2) is 0 Å². The molecule has 1 unspecified atom stereocenters. The van der Waals surface area contributed by atoms with Crippen LogP contribution in [0.2, 0.25) is 5.02 Å². The zero-order valence-corrected chi connectivity index (χ0v) is 22.1. The zero-order valence-electron chi connectivity index (χ0n) is 19.7. The number of ketones is 1. The van der Waals surface area contributed by atoms with Crippen molar-refractivity contribution in [1.29, 1.82) is 0 Å². The van der Waals surface area contributed by atoms with Crippen LogP contribution in [0.25, 0.3) is 10.6 Å². The molecule has 37 heavy (non-hydrogen) atoms. The minimum atomic E-state index is -4.44. The molecule has 0 bridgehead atoms. The fourth-order valence-corrected chi connectivity index (χ4v) is 4.55. The van der Waals surface area contributed by atoms with Crippen molar-refractivity contribution >= 4 is 57.7 Å². The Bertz CT molecular complexity index is 1130. The highest BCUT2D eigenvalue weighted by atomic mass is 35.5. The SMILES string of the molecule is CC(O)CC[C@H](NC(=O)c1cnc(-c2ccccc2Cl)s1)C(=O)N[C@@H](CCCC(F)(F)F)C(=O)C(N)=S. The van der Waals surface area contributed by atoms with Crippen LogP contribution in [0.5, 0.6) is 0 Å². The van der Waals surface area contributed by atoms with E-state index in [0.717, 1.165) is 11.3 Å². The molecule has 5 N–H and O–H groups in total. The van der Waals surface area contributed by atoms with Crippen molar-refractivity contribution in [2.75, 3.05) is 0 Å². The second-order valence-electron chi connectivity index (χ2n) is 8.26. The Kier molecular flexibility index (Phi) is 11.4. The summed E-state index contributed by atoms with van der Waals surface area (Å²) in [6.07, 6.45) is -5.78. The van der Waals surface area contributed by atoms with Crippen LogP contribution in [-0.2, 0) is 9.59 Å². The van der Waals surface area contributed by atoms with Crippen LogP contribution in [0.1, 0.15) is 48.7 Å². The van der Waals surface area contributed by atoms with Crippen molar-refractivity contribution in [1.82, 2.24) is 15.6 Å². The van der Waals surface area contributed by atoms with E-state index in [-0.39, 0.29) is 24.1 Å². The highest BCUT2D eigenvalue weighted by Gasteiger charge is 2.31. The number of nitrogens with zero attached hydrogens (tertiary/aromatic N) is 1. The molecule has 3 atom stereocenters. The maximum absolute atomic E-state index is 13.0. The first kappa shape index (κ1) is 30.6. The van der Waals surface area contributed by atoms with Gasteiger partial charge in [-0.25, -0.2) is 4.98 Å². The van der Waals surface area contributed by atoms with Gasteiger partial charge < -0.3 is 21.5 Å². The first-order chi connectivity index (χ1) is 17.3. The maximum Gasteiger partial charge on any atom is 0.389 e. The normalized spacial score (nSPS) is 13.9. The van der Waals surface area contributed by atoms with E-state index in [1.165, 1.54) is 13.1 Å². The van der Waals surface area contributed by atoms with Crippen molar-refractivity contribution in [3.05, 3.63) is 40.4 Å². The average Bonchev–Trinajstić information content (AvgIpc) is 3.30. The van der Waals surface area contributed by atoms with Gasteiger partial charge in [-0.15, -0.1) is 11.3 Å². The van der Waals surface area contributed by atoms with Gasteiger partial charge in [0.05, 0.1) is 23.4 Å². The van der Waals surface area contributed by atoms with E-state index in [0.29, 0.717) is 15.6 Å². The van der Waals surface area contributed by atoms with Crippen LogP contribution in [0.3, 0.4) is 0 Å². The number of rotatable bonds is 13. The number of halogens is 4. The van der Waals surface area contributed by atoms with Gasteiger partial charge in [-0.05, 0) is 38.7 Å². The summed E-state index contributed by atoms with van der Waals surface area (Å²) in [7, 11) is 0. The summed E-state index contributed by atoms with van der Waals surface area (Å²) in [4.78, 5) is 42.0. The molecule has 0 saturated carbocycles. The number of amides is 2. The second-order valence-corrected chi connectivity index (χ2v) is 10.1. The standard InChI is InChI=1S/C23H26ClF3N4O4S2/c1-12(32)8-9-16(20(34)30-15(18(33)19(28)36)7-4-10-23(25,26)27)31-21(35)17-11-29-22(37-17)13-5-2-3-6-14(13)24/h2-3,5-6,11-12,15-16,32H,4,7-10H2,1H3,(H2,28,36)(H,30,34)(H,31,35)/t12?,15-,16-/m0/s1. The monoisotopic (exact) mass is 578 g/mol. The molecule has 0 aliphatic rings. The van der Waals surface area contributed by atoms with E-state index in [1.54, 1.807) is 24.3 Å². The van der Waals surface area contributed by atoms with Crippen LogP contribution in [0.4, 0.5) is 13.2 Å². The molecule has 2 amide bonds. The summed E-state index contributed by atoms with van der Waals surface area (Å²) in [6.45, 7) is 1.49. The van der Waals surface area contributed by atoms with Gasteiger partial charge in [0.1, 0.15) is 20.9 Å². The zero-order chi connectivity index (χ0) is 27.8. The third-order valence-electron chi connectivity index (χ3n) is 5.16. The molecular formula is C23H26ClF3N4O4S2. The van der Waals surface area contributed by atoms with Crippen LogP contribution >= 0.6 is 35.2 Å². The Morgan fingerprint density at radius 3 is 2.43 bits per heavy atom. The van der Waals surface area contributed by atoms with Gasteiger partial charge in [0.2, 0.25) is 11.7 Å². The molecule has 1 heterocycles. The Morgan fingerprint density at radius 1 is 1.16 bits per heavy atom. The Balaban J connectivity index is 2.17. The smallest absolute Gasteiger partial charge is 0.389 e. The lowest BCUT2D eigenvalue weighted by Gasteiger charge is -2.23. The number of hydrogen-bond acceptors (Lipinski definition) is 7. The van der Waals surface area contributed by atoms with E-state index >= 15 is 0 Å². The van der Waals surface area contributed by atoms with Crippen molar-refractivity contribution < 1.29 is 32.7 Å². The average molecular weight is 579 g/mol. The number of aromatic nitrogens is 1. The molecule has 0 spiro atoms. The number of carbonyl (C=O) groups excluding carboxylic acids is 3. The molecule has 1 aromatic carbocycles. The molecule has 0 fully saturated rings. The van der Waals surface area contributed by atoms with Gasteiger partial charge in [0.25, 0.3) is 5.91 Å². The lowest BCUT2D eigenvalue weighted by molar-refractivity contribution is -0.136. The number of thiazole rings is 1. The predicted molar refractivity (Wildman–Crippen MR) is 138 cm³/mol. The Morgan fingerprint density at radius 2 is 1.84 bits per heavy atom. The lowest BCUT2D eigenvalue weighted by atomic mass is 10.0. The Hall–Kier alpha value is -2.61. The quantitative estimate of drug-likeness (QED) is 0.266. The predicted octanol–water partition coefficient (Wildman–Crippen LogP) is 3.80. The van der Waals surface area contributed by atoms with Crippen molar-refractivity contribution in [2.24, 2.45) is 5.73 Å². The van der Waals surface area contributed by atoms with Crippen LogP contribution in [0, 0.1) is 0 Å². The first-order valence-electron chi connectivity index (χ1n) is 11.2. The minimum absolute atomic E-state index is 0.0120. The molecule has 1 aromatic heterocycles. The third-order valence-corrected chi connectivity index (χ3v) is 6.72. The fraction of sp³-hybridized carbons (Fsp3) is 0.435. The van der Waals surface area contributed by atoms with Gasteiger partial charge in [-0.2, -0.15) is 13.2 Å². The summed E-state index contributed by atoms with van der Waals surface area (Å²) < 4.78 is 37.7.